The van der Waals surface area contributed by atoms with Crippen molar-refractivity contribution in [3.63, 3.8) is 0 Å². The smallest absolute Gasteiger partial charge is 0.306 e. The molecule has 0 aromatic carbocycles. The first-order valence-corrected chi connectivity index (χ1v) is 18.5. The maximum atomic E-state index is 12.5. The van der Waals surface area contributed by atoms with E-state index in [0.717, 1.165) is 32.1 Å². The lowest BCUT2D eigenvalue weighted by molar-refractivity contribution is -0.150. The first kappa shape index (κ1) is 39.9. The summed E-state index contributed by atoms with van der Waals surface area (Å²) in [7, 11) is 0. The van der Waals surface area contributed by atoms with Crippen LogP contribution in [0.15, 0.2) is 0 Å². The van der Waals surface area contributed by atoms with Gasteiger partial charge in [0.05, 0.1) is 0 Å². The number of hydrogen-bond acceptors (Lipinski definition) is 3. The zero-order chi connectivity index (χ0) is 30.1. The molecular formula is C37H72O4. The van der Waals surface area contributed by atoms with Crippen molar-refractivity contribution in [1.29, 1.82) is 0 Å². The molecule has 0 amide bonds. The molecule has 0 aliphatic carbocycles. The summed E-state index contributed by atoms with van der Waals surface area (Å²) in [4.78, 5) is 23.1. The highest BCUT2D eigenvalue weighted by Crippen LogP contribution is 2.19. The van der Waals surface area contributed by atoms with E-state index in [2.05, 4.69) is 13.8 Å². The topological polar surface area (TPSA) is 63.6 Å². The van der Waals surface area contributed by atoms with Crippen LogP contribution in [0.4, 0.5) is 0 Å². The average Bonchev–Trinajstić information content (AvgIpc) is 2.95. The molecule has 0 spiro atoms. The quantitative estimate of drug-likeness (QED) is 0.0607. The Hall–Kier alpha value is -1.06. The van der Waals surface area contributed by atoms with E-state index in [9.17, 15) is 9.59 Å². The van der Waals surface area contributed by atoms with E-state index in [0.29, 0.717) is 12.8 Å². The second kappa shape index (κ2) is 33.4. The van der Waals surface area contributed by atoms with Gasteiger partial charge in [-0.05, 0) is 38.5 Å². The molecule has 1 atom stereocenters. The highest BCUT2D eigenvalue weighted by Gasteiger charge is 2.14. The lowest BCUT2D eigenvalue weighted by atomic mass is 10.0. The van der Waals surface area contributed by atoms with E-state index < -0.39 is 5.97 Å². The van der Waals surface area contributed by atoms with E-state index in [1.807, 2.05) is 0 Å². The summed E-state index contributed by atoms with van der Waals surface area (Å²) in [5, 5.41) is 8.67. The Morgan fingerprint density at radius 1 is 0.439 bits per heavy atom. The molecule has 0 bridgehead atoms. The summed E-state index contributed by atoms with van der Waals surface area (Å²) in [5.74, 6) is -0.627. The Balaban J connectivity index is 3.79. The van der Waals surface area contributed by atoms with Gasteiger partial charge in [0.25, 0.3) is 0 Å². The van der Waals surface area contributed by atoms with Crippen molar-refractivity contribution in [2.24, 2.45) is 0 Å². The number of ether oxygens (including phenoxy) is 1. The minimum atomic E-state index is -0.668. The third-order valence-corrected chi connectivity index (χ3v) is 8.58. The third-order valence-electron chi connectivity index (χ3n) is 8.58. The van der Waals surface area contributed by atoms with Gasteiger partial charge in [0.15, 0.2) is 0 Å². The number of aliphatic carboxylic acids is 1. The predicted molar refractivity (Wildman–Crippen MR) is 177 cm³/mol. The molecule has 0 heterocycles. The molecule has 0 aromatic heterocycles. The van der Waals surface area contributed by atoms with Crippen LogP contribution in [0, 0.1) is 0 Å². The van der Waals surface area contributed by atoms with Gasteiger partial charge in [0.1, 0.15) is 6.10 Å². The average molecular weight is 581 g/mol. The number of rotatable bonds is 34. The number of unbranched alkanes of at least 4 members (excludes halogenated alkanes) is 25. The zero-order valence-corrected chi connectivity index (χ0v) is 27.9. The molecule has 0 radical (unpaired) electrons. The fourth-order valence-electron chi connectivity index (χ4n) is 5.83. The molecule has 41 heavy (non-hydrogen) atoms. The molecule has 0 aromatic rings. The highest BCUT2D eigenvalue weighted by molar-refractivity contribution is 5.69. The molecule has 244 valence electrons. The second-order valence-electron chi connectivity index (χ2n) is 12.8. The van der Waals surface area contributed by atoms with Crippen LogP contribution < -0.4 is 0 Å². The standard InChI is InChI=1S/C37H72O4/c1-3-5-7-9-10-11-12-17-20-23-26-30-34-37(40)41-35(31-27-8-6-4-2)32-28-24-21-18-15-13-14-16-19-22-25-29-33-36(38)39/h35H,3-34H2,1-2H3,(H,38,39). The van der Waals surface area contributed by atoms with Gasteiger partial charge < -0.3 is 9.84 Å². The molecule has 1 N–H and O–H groups in total. The van der Waals surface area contributed by atoms with Crippen LogP contribution in [0.5, 0.6) is 0 Å². The van der Waals surface area contributed by atoms with E-state index in [1.54, 1.807) is 0 Å². The summed E-state index contributed by atoms with van der Waals surface area (Å²) in [6, 6.07) is 0. The van der Waals surface area contributed by atoms with Crippen LogP contribution in [0.3, 0.4) is 0 Å². The Kier molecular flexibility index (Phi) is 32.6. The summed E-state index contributed by atoms with van der Waals surface area (Å²) in [5.41, 5.74) is 0. The molecule has 0 fully saturated rings. The van der Waals surface area contributed by atoms with Crippen molar-refractivity contribution in [2.45, 2.75) is 225 Å². The number of hydrogen-bond donors (Lipinski definition) is 1. The van der Waals surface area contributed by atoms with Gasteiger partial charge in [-0.1, -0.05) is 168 Å². The monoisotopic (exact) mass is 581 g/mol. The molecule has 1 unspecified atom stereocenters. The number of carbonyl (C=O) groups is 2. The Morgan fingerprint density at radius 3 is 1.10 bits per heavy atom. The van der Waals surface area contributed by atoms with Gasteiger partial charge in [-0.15, -0.1) is 0 Å². The number of esters is 1. The molecule has 0 rings (SSSR count). The van der Waals surface area contributed by atoms with Crippen molar-refractivity contribution in [1.82, 2.24) is 0 Å². The van der Waals surface area contributed by atoms with Gasteiger partial charge in [-0.3, -0.25) is 9.59 Å². The van der Waals surface area contributed by atoms with Gasteiger partial charge >= 0.3 is 11.9 Å². The second-order valence-corrected chi connectivity index (χ2v) is 12.8. The Labute approximate surface area is 256 Å². The fourth-order valence-corrected chi connectivity index (χ4v) is 5.83. The lowest BCUT2D eigenvalue weighted by Crippen LogP contribution is -2.18. The van der Waals surface area contributed by atoms with Crippen LogP contribution in [0.25, 0.3) is 0 Å². The Morgan fingerprint density at radius 2 is 0.732 bits per heavy atom. The number of carboxylic acids is 1. The van der Waals surface area contributed by atoms with E-state index in [1.165, 1.54) is 161 Å². The van der Waals surface area contributed by atoms with Crippen molar-refractivity contribution in [3.8, 4) is 0 Å². The molecule has 4 nitrogen and oxygen atoms in total. The Bertz CT molecular complexity index is 547. The molecule has 0 saturated carbocycles. The maximum absolute atomic E-state index is 12.5. The van der Waals surface area contributed by atoms with Crippen LogP contribution in [0.2, 0.25) is 0 Å². The van der Waals surface area contributed by atoms with Crippen LogP contribution in [-0.2, 0) is 14.3 Å². The van der Waals surface area contributed by atoms with Crippen LogP contribution in [-0.4, -0.2) is 23.1 Å². The van der Waals surface area contributed by atoms with Gasteiger partial charge in [0, 0.05) is 12.8 Å². The van der Waals surface area contributed by atoms with E-state index in [4.69, 9.17) is 9.84 Å². The summed E-state index contributed by atoms with van der Waals surface area (Å²) >= 11 is 0. The largest absolute Gasteiger partial charge is 0.481 e. The summed E-state index contributed by atoms with van der Waals surface area (Å²) in [6.07, 6.45) is 38.6. The fraction of sp³-hybridized carbons (Fsp3) is 0.946. The molecule has 0 saturated heterocycles. The first-order chi connectivity index (χ1) is 20.1. The first-order valence-electron chi connectivity index (χ1n) is 18.5. The zero-order valence-electron chi connectivity index (χ0n) is 27.9. The van der Waals surface area contributed by atoms with Crippen molar-refractivity contribution >= 4 is 11.9 Å². The van der Waals surface area contributed by atoms with E-state index in [-0.39, 0.29) is 12.1 Å². The molecule has 0 aliphatic rings. The van der Waals surface area contributed by atoms with Crippen LogP contribution >= 0.6 is 0 Å². The van der Waals surface area contributed by atoms with Crippen molar-refractivity contribution in [2.75, 3.05) is 0 Å². The normalized spacial score (nSPS) is 12.0. The third kappa shape index (κ3) is 33.3. The van der Waals surface area contributed by atoms with Crippen LogP contribution in [0.1, 0.15) is 219 Å². The number of carboxylic acid groups (broad SMARTS) is 1. The minimum Gasteiger partial charge on any atom is -0.481 e. The molecule has 4 heteroatoms. The predicted octanol–water partition coefficient (Wildman–Crippen LogP) is 12.5. The lowest BCUT2D eigenvalue weighted by Gasteiger charge is -2.18. The van der Waals surface area contributed by atoms with Gasteiger partial charge in [-0.25, -0.2) is 0 Å². The highest BCUT2D eigenvalue weighted by atomic mass is 16.5. The number of carbonyl (C=O) groups excluding carboxylic acids is 1. The van der Waals surface area contributed by atoms with E-state index >= 15 is 0 Å². The summed E-state index contributed by atoms with van der Waals surface area (Å²) < 4.78 is 5.98. The summed E-state index contributed by atoms with van der Waals surface area (Å²) in [6.45, 7) is 4.52. The van der Waals surface area contributed by atoms with Crippen molar-refractivity contribution in [3.05, 3.63) is 0 Å². The molecular weight excluding hydrogens is 508 g/mol. The van der Waals surface area contributed by atoms with Gasteiger partial charge in [-0.2, -0.15) is 0 Å². The van der Waals surface area contributed by atoms with Gasteiger partial charge in [0.2, 0.25) is 0 Å². The minimum absolute atomic E-state index is 0.0412. The maximum Gasteiger partial charge on any atom is 0.306 e. The SMILES string of the molecule is CCCCCCCCCCCCCCC(=O)OC(CCCCCC)CCCCCCCCCCCCCCC(=O)O. The van der Waals surface area contributed by atoms with Crippen molar-refractivity contribution < 1.29 is 19.4 Å². The molecule has 0 aliphatic heterocycles.